The second kappa shape index (κ2) is 9.39. The van der Waals surface area contributed by atoms with Gasteiger partial charge in [-0.05, 0) is 61.6 Å². The number of rotatable bonds is 10. The van der Waals surface area contributed by atoms with Gasteiger partial charge in [-0.3, -0.25) is 4.79 Å². The minimum atomic E-state index is -3.64. The Hall–Kier alpha value is -2.42. The van der Waals surface area contributed by atoms with Crippen LogP contribution >= 0.6 is 0 Å². The maximum atomic E-state index is 12.3. The van der Waals surface area contributed by atoms with Crippen molar-refractivity contribution in [3.05, 3.63) is 59.7 Å². The van der Waals surface area contributed by atoms with E-state index in [1.807, 2.05) is 25.1 Å². The van der Waals surface area contributed by atoms with Crippen LogP contribution in [0.1, 0.15) is 28.8 Å². The number of aryl methyl sites for hydroxylation is 1. The minimum Gasteiger partial charge on any atom is -0.491 e. The lowest BCUT2D eigenvalue weighted by Crippen LogP contribution is -2.35. The van der Waals surface area contributed by atoms with Crippen molar-refractivity contribution in [3.8, 4) is 5.75 Å². The fourth-order valence-electron chi connectivity index (χ4n) is 2.71. The van der Waals surface area contributed by atoms with Crippen molar-refractivity contribution < 1.29 is 23.1 Å². The standard InChI is InChI=1S/C21H26N2O5S/c1-15-4-2-6-19(10-15)28-14-18(24)13-22-21(25)17-5-3-7-20(11-17)29(26,27)23-12-16-8-9-16/h2-7,10-11,16,18,23-24H,8-9,12-14H2,1H3,(H,22,25). The Morgan fingerprint density at radius 3 is 2.69 bits per heavy atom. The maximum Gasteiger partial charge on any atom is 0.251 e. The minimum absolute atomic E-state index is 0.0123. The van der Waals surface area contributed by atoms with Crippen LogP contribution in [0.15, 0.2) is 53.4 Å². The topological polar surface area (TPSA) is 105 Å². The van der Waals surface area contributed by atoms with Gasteiger partial charge in [0.05, 0.1) is 4.90 Å². The van der Waals surface area contributed by atoms with Crippen LogP contribution in [0.5, 0.6) is 5.75 Å². The Bertz CT molecular complexity index is 957. The number of aliphatic hydroxyl groups is 1. The van der Waals surface area contributed by atoms with E-state index < -0.39 is 22.0 Å². The molecule has 156 valence electrons. The molecule has 1 unspecified atom stereocenters. The molecule has 3 N–H and O–H groups in total. The van der Waals surface area contributed by atoms with Crippen molar-refractivity contribution in [2.75, 3.05) is 19.7 Å². The average Bonchev–Trinajstić information content (AvgIpc) is 3.54. The molecule has 29 heavy (non-hydrogen) atoms. The molecule has 8 heteroatoms. The molecule has 0 saturated heterocycles. The summed E-state index contributed by atoms with van der Waals surface area (Å²) in [5, 5.41) is 12.6. The van der Waals surface area contributed by atoms with Crippen LogP contribution in [0.2, 0.25) is 0 Å². The molecule has 1 atom stereocenters. The molecule has 1 saturated carbocycles. The highest BCUT2D eigenvalue weighted by atomic mass is 32.2. The van der Waals surface area contributed by atoms with Crippen molar-refractivity contribution in [2.24, 2.45) is 5.92 Å². The molecular formula is C21H26N2O5S. The van der Waals surface area contributed by atoms with Crippen LogP contribution in [0.25, 0.3) is 0 Å². The third kappa shape index (κ3) is 6.56. The van der Waals surface area contributed by atoms with Gasteiger partial charge in [-0.15, -0.1) is 0 Å². The summed E-state index contributed by atoms with van der Waals surface area (Å²) >= 11 is 0. The Labute approximate surface area is 171 Å². The smallest absolute Gasteiger partial charge is 0.251 e. The number of carbonyl (C=O) groups excluding carboxylic acids is 1. The molecule has 1 amide bonds. The summed E-state index contributed by atoms with van der Waals surface area (Å²) in [5.41, 5.74) is 1.26. The number of benzene rings is 2. The van der Waals surface area contributed by atoms with Crippen LogP contribution in [0.3, 0.4) is 0 Å². The number of aliphatic hydroxyl groups excluding tert-OH is 1. The summed E-state index contributed by atoms with van der Waals surface area (Å²) in [4.78, 5) is 12.4. The highest BCUT2D eigenvalue weighted by Crippen LogP contribution is 2.28. The van der Waals surface area contributed by atoms with Crippen molar-refractivity contribution in [2.45, 2.75) is 30.8 Å². The van der Waals surface area contributed by atoms with Crippen molar-refractivity contribution in [1.82, 2.24) is 10.0 Å². The van der Waals surface area contributed by atoms with E-state index in [0.717, 1.165) is 18.4 Å². The fourth-order valence-corrected chi connectivity index (χ4v) is 3.87. The Kier molecular flexibility index (Phi) is 6.89. The van der Waals surface area contributed by atoms with E-state index in [0.29, 0.717) is 18.2 Å². The number of amides is 1. The molecule has 0 bridgehead atoms. The summed E-state index contributed by atoms with van der Waals surface area (Å²) in [7, 11) is -3.64. The number of hydrogen-bond donors (Lipinski definition) is 3. The third-order valence-electron chi connectivity index (χ3n) is 4.60. The number of nitrogens with one attached hydrogen (secondary N) is 2. The van der Waals surface area contributed by atoms with E-state index in [9.17, 15) is 18.3 Å². The van der Waals surface area contributed by atoms with E-state index in [1.165, 1.54) is 24.3 Å². The van der Waals surface area contributed by atoms with Gasteiger partial charge < -0.3 is 15.2 Å². The van der Waals surface area contributed by atoms with Crippen LogP contribution in [0, 0.1) is 12.8 Å². The van der Waals surface area contributed by atoms with Crippen molar-refractivity contribution >= 4 is 15.9 Å². The molecule has 3 rings (SSSR count). The van der Waals surface area contributed by atoms with Gasteiger partial charge in [0.1, 0.15) is 18.5 Å². The predicted molar refractivity (Wildman–Crippen MR) is 109 cm³/mol. The Morgan fingerprint density at radius 1 is 1.21 bits per heavy atom. The summed E-state index contributed by atoms with van der Waals surface area (Å²) in [6.45, 7) is 2.38. The molecule has 1 aliphatic carbocycles. The van der Waals surface area contributed by atoms with Gasteiger partial charge in [0.15, 0.2) is 0 Å². The van der Waals surface area contributed by atoms with Gasteiger partial charge in [0, 0.05) is 18.7 Å². The van der Waals surface area contributed by atoms with Gasteiger partial charge in [0.2, 0.25) is 10.0 Å². The lowest BCUT2D eigenvalue weighted by molar-refractivity contribution is 0.0843. The first-order valence-electron chi connectivity index (χ1n) is 9.59. The number of carbonyl (C=O) groups is 1. The molecule has 0 aromatic heterocycles. The van der Waals surface area contributed by atoms with Crippen molar-refractivity contribution in [1.29, 1.82) is 0 Å². The number of hydrogen-bond acceptors (Lipinski definition) is 5. The zero-order chi connectivity index (χ0) is 20.9. The fraction of sp³-hybridized carbons (Fsp3) is 0.381. The molecule has 0 aliphatic heterocycles. The maximum absolute atomic E-state index is 12.3. The highest BCUT2D eigenvalue weighted by molar-refractivity contribution is 7.89. The lowest BCUT2D eigenvalue weighted by Gasteiger charge is -2.14. The molecular weight excluding hydrogens is 392 g/mol. The summed E-state index contributed by atoms with van der Waals surface area (Å²) < 4.78 is 32.8. The second-order valence-electron chi connectivity index (χ2n) is 7.31. The van der Waals surface area contributed by atoms with Gasteiger partial charge in [-0.25, -0.2) is 13.1 Å². The van der Waals surface area contributed by atoms with Gasteiger partial charge >= 0.3 is 0 Å². The SMILES string of the molecule is Cc1cccc(OCC(O)CNC(=O)c2cccc(S(=O)(=O)NCC3CC3)c2)c1. The third-order valence-corrected chi connectivity index (χ3v) is 6.02. The van der Waals surface area contributed by atoms with E-state index in [-0.39, 0.29) is 23.6 Å². The molecule has 1 fully saturated rings. The Balaban J connectivity index is 1.50. The predicted octanol–water partition coefficient (Wildman–Crippen LogP) is 1.85. The summed E-state index contributed by atoms with van der Waals surface area (Å²) in [5.74, 6) is 0.602. The van der Waals surface area contributed by atoms with Crippen LogP contribution < -0.4 is 14.8 Å². The summed E-state index contributed by atoms with van der Waals surface area (Å²) in [6, 6.07) is 13.3. The molecule has 7 nitrogen and oxygen atoms in total. The average molecular weight is 419 g/mol. The van der Waals surface area contributed by atoms with E-state index in [2.05, 4.69) is 10.0 Å². The Morgan fingerprint density at radius 2 is 1.97 bits per heavy atom. The first kappa shape index (κ1) is 21.3. The second-order valence-corrected chi connectivity index (χ2v) is 9.08. The number of ether oxygens (including phenoxy) is 1. The first-order chi connectivity index (χ1) is 13.8. The van der Waals surface area contributed by atoms with E-state index in [4.69, 9.17) is 4.74 Å². The molecule has 0 radical (unpaired) electrons. The molecule has 0 spiro atoms. The van der Waals surface area contributed by atoms with E-state index >= 15 is 0 Å². The molecule has 1 aliphatic rings. The van der Waals surface area contributed by atoms with Gasteiger partial charge in [-0.1, -0.05) is 18.2 Å². The van der Waals surface area contributed by atoms with Crippen LogP contribution in [-0.4, -0.2) is 45.2 Å². The molecule has 2 aromatic carbocycles. The van der Waals surface area contributed by atoms with Gasteiger partial charge in [0.25, 0.3) is 5.91 Å². The van der Waals surface area contributed by atoms with Gasteiger partial charge in [-0.2, -0.15) is 0 Å². The monoisotopic (exact) mass is 418 g/mol. The highest BCUT2D eigenvalue weighted by Gasteiger charge is 2.24. The quantitative estimate of drug-likeness (QED) is 0.546. The zero-order valence-electron chi connectivity index (χ0n) is 16.3. The van der Waals surface area contributed by atoms with Crippen molar-refractivity contribution in [3.63, 3.8) is 0 Å². The normalized spacial score (nSPS) is 15.0. The zero-order valence-corrected chi connectivity index (χ0v) is 17.1. The molecule has 0 heterocycles. The largest absolute Gasteiger partial charge is 0.491 e. The molecule has 2 aromatic rings. The lowest BCUT2D eigenvalue weighted by atomic mass is 10.2. The van der Waals surface area contributed by atoms with E-state index in [1.54, 1.807) is 6.07 Å². The number of sulfonamides is 1. The van der Waals surface area contributed by atoms with Crippen LogP contribution in [0.4, 0.5) is 0 Å². The first-order valence-corrected chi connectivity index (χ1v) is 11.1. The summed E-state index contributed by atoms with van der Waals surface area (Å²) in [6.07, 6.45) is 1.19. The van der Waals surface area contributed by atoms with Crippen LogP contribution in [-0.2, 0) is 10.0 Å².